The molecule has 0 aliphatic heterocycles. The summed E-state index contributed by atoms with van der Waals surface area (Å²) in [6.45, 7) is 0. The SMILES string of the molecule is O=C(O)c1cccc(OC2C=CCCC2)c1. The van der Waals surface area contributed by atoms with E-state index in [-0.39, 0.29) is 11.7 Å². The van der Waals surface area contributed by atoms with Crippen molar-refractivity contribution in [3.63, 3.8) is 0 Å². The van der Waals surface area contributed by atoms with E-state index in [1.807, 2.05) is 6.08 Å². The van der Waals surface area contributed by atoms with Crippen molar-refractivity contribution in [3.8, 4) is 5.75 Å². The van der Waals surface area contributed by atoms with Crippen LogP contribution in [0.4, 0.5) is 0 Å². The normalized spacial score (nSPS) is 19.4. The molecule has 0 saturated carbocycles. The molecule has 1 unspecified atom stereocenters. The van der Waals surface area contributed by atoms with Crippen LogP contribution in [0.15, 0.2) is 36.4 Å². The number of carboxylic acids is 1. The van der Waals surface area contributed by atoms with Gasteiger partial charge < -0.3 is 9.84 Å². The van der Waals surface area contributed by atoms with Crippen LogP contribution in [0.5, 0.6) is 5.75 Å². The van der Waals surface area contributed by atoms with Crippen LogP contribution in [-0.2, 0) is 0 Å². The highest BCUT2D eigenvalue weighted by Gasteiger charge is 2.11. The molecule has 3 heteroatoms. The van der Waals surface area contributed by atoms with Gasteiger partial charge in [0.15, 0.2) is 0 Å². The fourth-order valence-electron chi connectivity index (χ4n) is 1.76. The van der Waals surface area contributed by atoms with Crippen molar-refractivity contribution in [2.24, 2.45) is 0 Å². The van der Waals surface area contributed by atoms with Crippen LogP contribution < -0.4 is 4.74 Å². The van der Waals surface area contributed by atoms with Gasteiger partial charge >= 0.3 is 5.97 Å². The number of allylic oxidation sites excluding steroid dienone is 1. The van der Waals surface area contributed by atoms with Crippen molar-refractivity contribution >= 4 is 5.97 Å². The lowest BCUT2D eigenvalue weighted by Crippen LogP contribution is -2.15. The number of rotatable bonds is 3. The Hall–Kier alpha value is -1.77. The third-order valence-electron chi connectivity index (χ3n) is 2.58. The van der Waals surface area contributed by atoms with Crippen LogP contribution in [0.25, 0.3) is 0 Å². The van der Waals surface area contributed by atoms with E-state index in [0.717, 1.165) is 19.3 Å². The first-order valence-electron chi connectivity index (χ1n) is 5.42. The molecule has 0 aromatic heterocycles. The topological polar surface area (TPSA) is 46.5 Å². The maximum absolute atomic E-state index is 10.8. The molecule has 2 rings (SSSR count). The molecule has 1 atom stereocenters. The van der Waals surface area contributed by atoms with Gasteiger partial charge in [-0.25, -0.2) is 4.79 Å². The van der Waals surface area contributed by atoms with Gasteiger partial charge in [-0.2, -0.15) is 0 Å². The number of ether oxygens (including phenoxy) is 1. The molecule has 1 N–H and O–H groups in total. The minimum absolute atomic E-state index is 0.0813. The lowest BCUT2D eigenvalue weighted by Gasteiger charge is -2.18. The van der Waals surface area contributed by atoms with Crippen molar-refractivity contribution in [1.82, 2.24) is 0 Å². The van der Waals surface area contributed by atoms with Crippen LogP contribution in [0.1, 0.15) is 29.6 Å². The van der Waals surface area contributed by atoms with Gasteiger partial charge in [0.2, 0.25) is 0 Å². The van der Waals surface area contributed by atoms with Crippen molar-refractivity contribution in [1.29, 1.82) is 0 Å². The minimum Gasteiger partial charge on any atom is -0.486 e. The molecule has 1 aromatic rings. The summed E-state index contributed by atoms with van der Waals surface area (Å²) >= 11 is 0. The van der Waals surface area contributed by atoms with Crippen molar-refractivity contribution in [2.75, 3.05) is 0 Å². The van der Waals surface area contributed by atoms with E-state index in [1.54, 1.807) is 24.3 Å². The first-order valence-corrected chi connectivity index (χ1v) is 5.42. The first kappa shape index (κ1) is 10.7. The van der Waals surface area contributed by atoms with E-state index in [0.29, 0.717) is 5.75 Å². The second-order valence-electron chi connectivity index (χ2n) is 3.85. The third-order valence-corrected chi connectivity index (χ3v) is 2.58. The first-order chi connectivity index (χ1) is 7.75. The summed E-state index contributed by atoms with van der Waals surface area (Å²) in [5.74, 6) is -0.305. The Morgan fingerprint density at radius 1 is 1.44 bits per heavy atom. The molecule has 1 aliphatic carbocycles. The molecule has 1 aromatic carbocycles. The molecule has 3 nitrogen and oxygen atoms in total. The zero-order valence-electron chi connectivity index (χ0n) is 8.93. The van der Waals surface area contributed by atoms with Gasteiger partial charge in [0.25, 0.3) is 0 Å². The maximum atomic E-state index is 10.8. The third kappa shape index (κ3) is 2.63. The number of carbonyl (C=O) groups is 1. The van der Waals surface area contributed by atoms with Gasteiger partial charge in [-0.15, -0.1) is 0 Å². The summed E-state index contributed by atoms with van der Waals surface area (Å²) in [6, 6.07) is 6.61. The number of benzene rings is 1. The molecule has 0 radical (unpaired) electrons. The minimum atomic E-state index is -0.926. The molecule has 0 saturated heterocycles. The van der Waals surface area contributed by atoms with E-state index in [2.05, 4.69) is 6.08 Å². The Bertz CT molecular complexity index is 409. The van der Waals surface area contributed by atoms with Gasteiger partial charge in [0, 0.05) is 0 Å². The summed E-state index contributed by atoms with van der Waals surface area (Å²) < 4.78 is 5.70. The molecule has 0 heterocycles. The molecule has 84 valence electrons. The van der Waals surface area contributed by atoms with Crippen LogP contribution in [-0.4, -0.2) is 17.2 Å². The quantitative estimate of drug-likeness (QED) is 0.793. The van der Waals surface area contributed by atoms with E-state index in [4.69, 9.17) is 9.84 Å². The van der Waals surface area contributed by atoms with Crippen molar-refractivity contribution in [3.05, 3.63) is 42.0 Å². The lowest BCUT2D eigenvalue weighted by molar-refractivity contribution is 0.0696. The van der Waals surface area contributed by atoms with E-state index < -0.39 is 5.97 Å². The Labute approximate surface area is 94.4 Å². The van der Waals surface area contributed by atoms with E-state index in [9.17, 15) is 4.79 Å². The second kappa shape index (κ2) is 4.84. The molecule has 0 amide bonds. The van der Waals surface area contributed by atoms with Crippen LogP contribution >= 0.6 is 0 Å². The Kier molecular flexibility index (Phi) is 3.25. The lowest BCUT2D eigenvalue weighted by atomic mass is 10.1. The van der Waals surface area contributed by atoms with Gasteiger partial charge in [0.1, 0.15) is 11.9 Å². The molecule has 0 bridgehead atoms. The second-order valence-corrected chi connectivity index (χ2v) is 3.85. The predicted molar refractivity (Wildman–Crippen MR) is 60.8 cm³/mol. The van der Waals surface area contributed by atoms with E-state index >= 15 is 0 Å². The molecular weight excluding hydrogens is 204 g/mol. The summed E-state index contributed by atoms with van der Waals surface area (Å²) in [7, 11) is 0. The predicted octanol–water partition coefficient (Wildman–Crippen LogP) is 2.87. The van der Waals surface area contributed by atoms with Crippen LogP contribution in [0, 0.1) is 0 Å². The average Bonchev–Trinajstić information content (AvgIpc) is 2.30. The van der Waals surface area contributed by atoms with Crippen LogP contribution in [0.3, 0.4) is 0 Å². The van der Waals surface area contributed by atoms with Crippen molar-refractivity contribution in [2.45, 2.75) is 25.4 Å². The average molecular weight is 218 g/mol. The summed E-state index contributed by atoms with van der Waals surface area (Å²) in [4.78, 5) is 10.8. The van der Waals surface area contributed by atoms with Crippen LogP contribution in [0.2, 0.25) is 0 Å². The number of aromatic carboxylic acids is 1. The standard InChI is InChI=1S/C13H14O3/c14-13(15)10-5-4-8-12(9-10)16-11-6-2-1-3-7-11/h2,4-6,8-9,11H,1,3,7H2,(H,14,15). The Balaban J connectivity index is 2.08. The number of hydrogen-bond acceptors (Lipinski definition) is 2. The van der Waals surface area contributed by atoms with Gasteiger partial charge in [-0.1, -0.05) is 12.1 Å². The smallest absolute Gasteiger partial charge is 0.335 e. The Morgan fingerprint density at radius 3 is 3.00 bits per heavy atom. The van der Waals surface area contributed by atoms with Crippen molar-refractivity contribution < 1.29 is 14.6 Å². The molecule has 0 spiro atoms. The maximum Gasteiger partial charge on any atom is 0.335 e. The molecular formula is C13H14O3. The zero-order valence-corrected chi connectivity index (χ0v) is 8.93. The van der Waals surface area contributed by atoms with Gasteiger partial charge in [-0.3, -0.25) is 0 Å². The fourth-order valence-corrected chi connectivity index (χ4v) is 1.76. The van der Waals surface area contributed by atoms with E-state index in [1.165, 1.54) is 0 Å². The monoisotopic (exact) mass is 218 g/mol. The molecule has 1 aliphatic rings. The largest absolute Gasteiger partial charge is 0.486 e. The molecule has 0 fully saturated rings. The summed E-state index contributed by atoms with van der Waals surface area (Å²) in [5.41, 5.74) is 0.261. The number of hydrogen-bond donors (Lipinski definition) is 1. The highest BCUT2D eigenvalue weighted by atomic mass is 16.5. The summed E-state index contributed by atoms with van der Waals surface area (Å²) in [5, 5.41) is 8.85. The summed E-state index contributed by atoms with van der Waals surface area (Å²) in [6.07, 6.45) is 7.45. The zero-order chi connectivity index (χ0) is 11.4. The highest BCUT2D eigenvalue weighted by Crippen LogP contribution is 2.20. The number of carboxylic acid groups (broad SMARTS) is 1. The van der Waals surface area contributed by atoms with Gasteiger partial charge in [0.05, 0.1) is 5.56 Å². The molecule has 16 heavy (non-hydrogen) atoms. The highest BCUT2D eigenvalue weighted by molar-refractivity contribution is 5.87. The Morgan fingerprint density at radius 2 is 2.31 bits per heavy atom. The van der Waals surface area contributed by atoms with Gasteiger partial charge in [-0.05, 0) is 43.5 Å². The fraction of sp³-hybridized carbons (Fsp3) is 0.308.